The van der Waals surface area contributed by atoms with Crippen molar-refractivity contribution in [3.05, 3.63) is 218 Å². The van der Waals surface area contributed by atoms with Crippen LogP contribution in [0.1, 0.15) is 0 Å². The quantitative estimate of drug-likeness (QED) is 0.158. The smallest absolute Gasteiger partial charge is 0.160 e. The summed E-state index contributed by atoms with van der Waals surface area (Å²) in [6.07, 6.45) is 0. The van der Waals surface area contributed by atoms with Crippen molar-refractivity contribution in [3.63, 3.8) is 0 Å². The molecular formula is C57H36N4. The van der Waals surface area contributed by atoms with E-state index < -0.39 is 0 Å². The molecule has 0 spiro atoms. The normalized spacial score (nSPS) is 11.6. The molecule has 0 fully saturated rings. The first-order valence-corrected chi connectivity index (χ1v) is 20.7. The molecule has 61 heavy (non-hydrogen) atoms. The van der Waals surface area contributed by atoms with Crippen molar-refractivity contribution in [3.8, 4) is 62.0 Å². The molecule has 3 heterocycles. The van der Waals surface area contributed by atoms with Crippen molar-refractivity contribution in [1.82, 2.24) is 19.5 Å². The van der Waals surface area contributed by atoms with Crippen LogP contribution in [0.3, 0.4) is 0 Å². The van der Waals surface area contributed by atoms with Crippen molar-refractivity contribution in [2.24, 2.45) is 0 Å². The molecule has 4 nitrogen and oxygen atoms in total. The zero-order valence-corrected chi connectivity index (χ0v) is 33.1. The average Bonchev–Trinajstić information content (AvgIpc) is 3.66. The van der Waals surface area contributed by atoms with Gasteiger partial charge in [-0.15, -0.1) is 0 Å². The number of hydrogen-bond acceptors (Lipinski definition) is 3. The van der Waals surface area contributed by atoms with E-state index in [0.717, 1.165) is 83.5 Å². The third-order valence-electron chi connectivity index (χ3n) is 12.0. The molecule has 0 saturated heterocycles. The molecule has 0 atom stereocenters. The molecule has 0 unspecified atom stereocenters. The maximum atomic E-state index is 5.35. The largest absolute Gasteiger partial charge is 0.309 e. The number of para-hydroxylation sites is 1. The maximum absolute atomic E-state index is 5.35. The molecule has 0 radical (unpaired) electrons. The van der Waals surface area contributed by atoms with Gasteiger partial charge < -0.3 is 4.57 Å². The van der Waals surface area contributed by atoms with E-state index in [9.17, 15) is 0 Å². The van der Waals surface area contributed by atoms with Gasteiger partial charge in [-0.05, 0) is 63.7 Å². The Morgan fingerprint density at radius 1 is 0.311 bits per heavy atom. The molecule has 12 aromatic rings. The predicted molar refractivity (Wildman–Crippen MR) is 254 cm³/mol. The van der Waals surface area contributed by atoms with Gasteiger partial charge >= 0.3 is 0 Å². The fourth-order valence-corrected chi connectivity index (χ4v) is 9.05. The Labute approximate surface area is 352 Å². The lowest BCUT2D eigenvalue weighted by Gasteiger charge is -2.12. The van der Waals surface area contributed by atoms with Gasteiger partial charge in [0.05, 0.1) is 33.6 Å². The van der Waals surface area contributed by atoms with Crippen LogP contribution in [0.2, 0.25) is 0 Å². The molecule has 12 rings (SSSR count). The van der Waals surface area contributed by atoms with E-state index in [2.05, 4.69) is 205 Å². The van der Waals surface area contributed by atoms with Gasteiger partial charge in [0, 0.05) is 49.5 Å². The lowest BCUT2D eigenvalue weighted by molar-refractivity contribution is 1.18. The van der Waals surface area contributed by atoms with E-state index >= 15 is 0 Å². The van der Waals surface area contributed by atoms with E-state index in [1.807, 2.05) is 18.2 Å². The Hall–Kier alpha value is -8.21. The number of benzene rings is 9. The van der Waals surface area contributed by atoms with Crippen molar-refractivity contribution in [2.75, 3.05) is 0 Å². The number of pyridine rings is 1. The summed E-state index contributed by atoms with van der Waals surface area (Å²) in [5.41, 5.74) is 13.7. The number of nitrogens with zero attached hydrogens (tertiary/aromatic N) is 4. The van der Waals surface area contributed by atoms with Gasteiger partial charge in [-0.25, -0.2) is 15.0 Å². The topological polar surface area (TPSA) is 43.6 Å². The molecule has 0 saturated carbocycles. The molecule has 0 N–H and O–H groups in total. The second-order valence-corrected chi connectivity index (χ2v) is 15.6. The van der Waals surface area contributed by atoms with Crippen LogP contribution in [0, 0.1) is 0 Å². The Morgan fingerprint density at radius 3 is 1.70 bits per heavy atom. The molecule has 0 bridgehead atoms. The van der Waals surface area contributed by atoms with Gasteiger partial charge in [-0.3, -0.25) is 0 Å². The van der Waals surface area contributed by atoms with Crippen LogP contribution in [0.5, 0.6) is 0 Å². The summed E-state index contributed by atoms with van der Waals surface area (Å²) in [6.45, 7) is 0. The molecule has 3 aromatic heterocycles. The standard InChI is InChI=1S/C57H36N4/c1-4-16-40(17-5-1)56-48-25-13-12-24-45(48)49-35-55-50(34-52(49)58-56)47-32-31-42(33-54(47)61(55)43-21-8-3-9-22-43)37-27-29-39(30-28-37)51-36-53(60-57(59-51)41-18-6-2-7-19-41)46-26-14-20-38-15-10-11-23-44(38)46/h1-36H. The molecule has 0 amide bonds. The van der Waals surface area contributed by atoms with Gasteiger partial charge in [0.1, 0.15) is 0 Å². The number of fused-ring (bicyclic) bond motifs is 7. The van der Waals surface area contributed by atoms with Gasteiger partial charge in [0.15, 0.2) is 5.82 Å². The maximum Gasteiger partial charge on any atom is 0.160 e. The minimum atomic E-state index is 0.705. The van der Waals surface area contributed by atoms with Crippen LogP contribution >= 0.6 is 0 Å². The summed E-state index contributed by atoms with van der Waals surface area (Å²) >= 11 is 0. The van der Waals surface area contributed by atoms with Crippen molar-refractivity contribution < 1.29 is 0 Å². The Bertz CT molecular complexity index is 3610. The van der Waals surface area contributed by atoms with Crippen molar-refractivity contribution >= 4 is 54.3 Å². The first-order valence-electron chi connectivity index (χ1n) is 20.7. The van der Waals surface area contributed by atoms with Crippen LogP contribution < -0.4 is 0 Å². The van der Waals surface area contributed by atoms with Crippen LogP contribution in [0.4, 0.5) is 0 Å². The highest BCUT2D eigenvalue weighted by Crippen LogP contribution is 2.40. The number of hydrogen-bond donors (Lipinski definition) is 0. The summed E-state index contributed by atoms with van der Waals surface area (Å²) < 4.78 is 2.41. The zero-order valence-electron chi connectivity index (χ0n) is 33.1. The molecule has 0 aliphatic carbocycles. The molecular weight excluding hydrogens is 741 g/mol. The lowest BCUT2D eigenvalue weighted by Crippen LogP contribution is -1.96. The number of aromatic nitrogens is 4. The minimum Gasteiger partial charge on any atom is -0.309 e. The highest BCUT2D eigenvalue weighted by atomic mass is 15.0. The molecule has 0 aliphatic heterocycles. The third kappa shape index (κ3) is 5.96. The monoisotopic (exact) mass is 776 g/mol. The third-order valence-corrected chi connectivity index (χ3v) is 12.0. The van der Waals surface area contributed by atoms with E-state index in [0.29, 0.717) is 5.82 Å². The fourth-order valence-electron chi connectivity index (χ4n) is 9.05. The average molecular weight is 777 g/mol. The van der Waals surface area contributed by atoms with Crippen LogP contribution in [-0.2, 0) is 0 Å². The van der Waals surface area contributed by atoms with Crippen LogP contribution in [0.25, 0.3) is 116 Å². The fraction of sp³-hybridized carbons (Fsp3) is 0. The Balaban J connectivity index is 1.00. The number of rotatable bonds is 6. The van der Waals surface area contributed by atoms with E-state index in [1.54, 1.807) is 0 Å². The summed E-state index contributed by atoms with van der Waals surface area (Å²) in [7, 11) is 0. The molecule has 4 heteroatoms. The Kier molecular flexibility index (Phi) is 8.13. The minimum absolute atomic E-state index is 0.705. The van der Waals surface area contributed by atoms with E-state index in [4.69, 9.17) is 15.0 Å². The van der Waals surface area contributed by atoms with Gasteiger partial charge in [0.2, 0.25) is 0 Å². The second-order valence-electron chi connectivity index (χ2n) is 15.6. The van der Waals surface area contributed by atoms with Crippen LogP contribution in [0.15, 0.2) is 218 Å². The zero-order chi connectivity index (χ0) is 40.3. The molecule has 9 aromatic carbocycles. The predicted octanol–water partition coefficient (Wildman–Crippen LogP) is 14.8. The second kappa shape index (κ2) is 14.3. The van der Waals surface area contributed by atoms with Gasteiger partial charge in [-0.2, -0.15) is 0 Å². The van der Waals surface area contributed by atoms with Gasteiger partial charge in [0.25, 0.3) is 0 Å². The van der Waals surface area contributed by atoms with Gasteiger partial charge in [-0.1, -0.05) is 182 Å². The highest BCUT2D eigenvalue weighted by Gasteiger charge is 2.18. The lowest BCUT2D eigenvalue weighted by atomic mass is 9.98. The van der Waals surface area contributed by atoms with E-state index in [-0.39, 0.29) is 0 Å². The SMILES string of the molecule is c1ccc(-c2nc(-c3ccc(-c4ccc5c6cc7nc(-c8ccccc8)c8ccccc8c7cc6n(-c6ccccc6)c5c4)cc3)cc(-c3cccc4ccccc34)n2)cc1. The first kappa shape index (κ1) is 34.8. The summed E-state index contributed by atoms with van der Waals surface area (Å²) in [5.74, 6) is 0.705. The molecule has 284 valence electrons. The Morgan fingerprint density at radius 2 is 0.918 bits per heavy atom. The van der Waals surface area contributed by atoms with Crippen molar-refractivity contribution in [1.29, 1.82) is 0 Å². The first-order chi connectivity index (χ1) is 30.2. The van der Waals surface area contributed by atoms with Crippen LogP contribution in [-0.4, -0.2) is 19.5 Å². The summed E-state index contributed by atoms with van der Waals surface area (Å²) in [5, 5.41) is 8.20. The van der Waals surface area contributed by atoms with E-state index in [1.165, 1.54) is 26.9 Å². The molecule has 0 aliphatic rings. The summed E-state index contributed by atoms with van der Waals surface area (Å²) in [4.78, 5) is 15.6. The highest BCUT2D eigenvalue weighted by molar-refractivity contribution is 6.19. The summed E-state index contributed by atoms with van der Waals surface area (Å²) in [6, 6.07) is 77.4. The van der Waals surface area contributed by atoms with Crippen molar-refractivity contribution in [2.45, 2.75) is 0 Å².